The summed E-state index contributed by atoms with van der Waals surface area (Å²) in [5, 5.41) is 8.86. The number of amides is 1. The lowest BCUT2D eigenvalue weighted by Gasteiger charge is -2.34. The van der Waals surface area contributed by atoms with E-state index in [2.05, 4.69) is 4.98 Å². The predicted octanol–water partition coefficient (Wildman–Crippen LogP) is -0.911. The van der Waals surface area contributed by atoms with E-state index in [0.717, 1.165) is 0 Å². The van der Waals surface area contributed by atoms with Crippen LogP contribution in [0.5, 0.6) is 0 Å². The first kappa shape index (κ1) is 15.2. The molecular weight excluding hydrogens is 300 g/mol. The van der Waals surface area contributed by atoms with Crippen LogP contribution in [0.4, 0.5) is 0 Å². The van der Waals surface area contributed by atoms with Crippen LogP contribution in [-0.4, -0.2) is 59.4 Å². The standard InChI is InChI=1S/C12H14N2O6S/c15-10-2-1-8(6-13-10)12(18)14-3-4-21(19,20)7-9(14)5-11(16)17/h1-2,6,9H,3-5,7H2,(H,13,15)(H,16,17). The highest BCUT2D eigenvalue weighted by molar-refractivity contribution is 7.91. The van der Waals surface area contributed by atoms with Gasteiger partial charge in [-0.2, -0.15) is 0 Å². The van der Waals surface area contributed by atoms with Gasteiger partial charge < -0.3 is 15.0 Å². The molecule has 1 saturated heterocycles. The topological polar surface area (TPSA) is 125 Å². The third kappa shape index (κ3) is 3.69. The molecule has 0 aliphatic carbocycles. The van der Waals surface area contributed by atoms with Crippen LogP contribution >= 0.6 is 0 Å². The number of H-pyrrole nitrogens is 1. The molecule has 114 valence electrons. The molecule has 2 heterocycles. The van der Waals surface area contributed by atoms with E-state index in [4.69, 9.17) is 5.11 Å². The number of hydrogen-bond donors (Lipinski definition) is 2. The fourth-order valence-electron chi connectivity index (χ4n) is 2.23. The molecule has 21 heavy (non-hydrogen) atoms. The van der Waals surface area contributed by atoms with Gasteiger partial charge in [-0.15, -0.1) is 0 Å². The minimum absolute atomic E-state index is 0.0573. The van der Waals surface area contributed by atoms with E-state index < -0.39 is 34.2 Å². The van der Waals surface area contributed by atoms with Crippen molar-refractivity contribution in [3.8, 4) is 0 Å². The number of rotatable bonds is 3. The number of carbonyl (C=O) groups excluding carboxylic acids is 1. The highest BCUT2D eigenvalue weighted by atomic mass is 32.2. The fourth-order valence-corrected chi connectivity index (χ4v) is 3.76. The first-order chi connectivity index (χ1) is 9.78. The molecule has 1 atom stereocenters. The Labute approximate surface area is 120 Å². The number of aromatic amines is 1. The Balaban J connectivity index is 2.26. The Kier molecular flexibility index (Phi) is 4.12. The van der Waals surface area contributed by atoms with Crippen molar-refractivity contribution in [2.45, 2.75) is 12.5 Å². The molecule has 1 fully saturated rings. The summed E-state index contributed by atoms with van der Waals surface area (Å²) in [6.45, 7) is -0.0573. The second-order valence-electron chi connectivity index (χ2n) is 4.81. The van der Waals surface area contributed by atoms with Crippen LogP contribution in [0.2, 0.25) is 0 Å². The van der Waals surface area contributed by atoms with Gasteiger partial charge in [0.1, 0.15) is 0 Å². The minimum atomic E-state index is -3.35. The third-order valence-electron chi connectivity index (χ3n) is 3.23. The lowest BCUT2D eigenvalue weighted by Crippen LogP contribution is -2.52. The van der Waals surface area contributed by atoms with Gasteiger partial charge in [0.25, 0.3) is 5.91 Å². The number of carboxylic acids is 1. The summed E-state index contributed by atoms with van der Waals surface area (Å²) in [6.07, 6.45) is 0.792. The molecule has 1 amide bonds. The molecule has 1 unspecified atom stereocenters. The Bertz CT molecular complexity index is 703. The summed E-state index contributed by atoms with van der Waals surface area (Å²) in [4.78, 5) is 37.7. The van der Waals surface area contributed by atoms with Gasteiger partial charge in [0.2, 0.25) is 5.56 Å². The van der Waals surface area contributed by atoms with Crippen LogP contribution in [0.25, 0.3) is 0 Å². The van der Waals surface area contributed by atoms with E-state index in [1.807, 2.05) is 0 Å². The van der Waals surface area contributed by atoms with Crippen molar-refractivity contribution < 1.29 is 23.1 Å². The van der Waals surface area contributed by atoms with Crippen molar-refractivity contribution in [2.24, 2.45) is 0 Å². The first-order valence-corrected chi connectivity index (χ1v) is 8.02. The quantitative estimate of drug-likeness (QED) is 0.744. The zero-order chi connectivity index (χ0) is 15.6. The van der Waals surface area contributed by atoms with Gasteiger partial charge in [-0.3, -0.25) is 14.4 Å². The van der Waals surface area contributed by atoms with Gasteiger partial charge in [0, 0.05) is 18.8 Å². The van der Waals surface area contributed by atoms with Gasteiger partial charge in [0.15, 0.2) is 9.84 Å². The number of carbonyl (C=O) groups is 2. The normalized spacial score (nSPS) is 21.0. The van der Waals surface area contributed by atoms with E-state index in [-0.39, 0.29) is 29.2 Å². The van der Waals surface area contributed by atoms with E-state index in [9.17, 15) is 22.8 Å². The van der Waals surface area contributed by atoms with E-state index in [1.165, 1.54) is 23.2 Å². The molecule has 0 spiro atoms. The molecule has 0 saturated carbocycles. The Morgan fingerprint density at radius 2 is 2.10 bits per heavy atom. The second kappa shape index (κ2) is 5.68. The van der Waals surface area contributed by atoms with Crippen molar-refractivity contribution in [1.82, 2.24) is 9.88 Å². The Morgan fingerprint density at radius 3 is 2.67 bits per heavy atom. The highest BCUT2D eigenvalue weighted by Gasteiger charge is 2.35. The number of aromatic nitrogens is 1. The maximum Gasteiger partial charge on any atom is 0.305 e. The Hall–Kier alpha value is -2.16. The summed E-state index contributed by atoms with van der Waals surface area (Å²) >= 11 is 0. The van der Waals surface area contributed by atoms with Crippen LogP contribution in [0, 0.1) is 0 Å². The maximum absolute atomic E-state index is 12.3. The van der Waals surface area contributed by atoms with E-state index in [1.54, 1.807) is 0 Å². The fraction of sp³-hybridized carbons (Fsp3) is 0.417. The molecular formula is C12H14N2O6S. The predicted molar refractivity (Wildman–Crippen MR) is 72.8 cm³/mol. The summed E-state index contributed by atoms with van der Waals surface area (Å²) in [7, 11) is -3.35. The van der Waals surface area contributed by atoms with Crippen LogP contribution < -0.4 is 5.56 Å². The molecule has 0 bridgehead atoms. The number of aliphatic carboxylic acids is 1. The molecule has 8 nitrogen and oxygen atoms in total. The number of carboxylic acid groups (broad SMARTS) is 1. The summed E-state index contributed by atoms with van der Waals surface area (Å²) in [6, 6.07) is 1.60. The van der Waals surface area contributed by atoms with Crippen LogP contribution in [0.1, 0.15) is 16.8 Å². The van der Waals surface area contributed by atoms with Crippen LogP contribution in [0.3, 0.4) is 0 Å². The third-order valence-corrected chi connectivity index (χ3v) is 4.93. The van der Waals surface area contributed by atoms with Gasteiger partial charge >= 0.3 is 5.97 Å². The van der Waals surface area contributed by atoms with Crippen molar-refractivity contribution in [3.63, 3.8) is 0 Å². The first-order valence-electron chi connectivity index (χ1n) is 6.20. The zero-order valence-corrected chi connectivity index (χ0v) is 11.8. The van der Waals surface area contributed by atoms with Crippen LogP contribution in [0.15, 0.2) is 23.1 Å². The van der Waals surface area contributed by atoms with Crippen molar-refractivity contribution in [2.75, 3.05) is 18.1 Å². The number of sulfone groups is 1. The van der Waals surface area contributed by atoms with Crippen molar-refractivity contribution in [3.05, 3.63) is 34.2 Å². The van der Waals surface area contributed by atoms with Crippen molar-refractivity contribution >= 4 is 21.7 Å². The lowest BCUT2D eigenvalue weighted by molar-refractivity contribution is -0.138. The molecule has 0 radical (unpaired) electrons. The average molecular weight is 314 g/mol. The smallest absolute Gasteiger partial charge is 0.305 e. The highest BCUT2D eigenvalue weighted by Crippen LogP contribution is 2.17. The largest absolute Gasteiger partial charge is 0.481 e. The van der Waals surface area contributed by atoms with E-state index in [0.29, 0.717) is 0 Å². The van der Waals surface area contributed by atoms with Gasteiger partial charge in [-0.1, -0.05) is 0 Å². The number of nitrogens with zero attached hydrogens (tertiary/aromatic N) is 1. The number of hydrogen-bond acceptors (Lipinski definition) is 5. The second-order valence-corrected chi connectivity index (χ2v) is 7.03. The average Bonchev–Trinajstić information content (AvgIpc) is 2.37. The SMILES string of the molecule is O=C(O)CC1CS(=O)(=O)CCN1C(=O)c1ccc(=O)[nH]c1. The molecule has 0 aromatic carbocycles. The molecule has 1 aromatic heterocycles. The van der Waals surface area contributed by atoms with Crippen molar-refractivity contribution in [1.29, 1.82) is 0 Å². The molecule has 1 aliphatic heterocycles. The summed E-state index contributed by atoms with van der Waals surface area (Å²) < 4.78 is 23.2. The molecule has 2 rings (SSSR count). The summed E-state index contributed by atoms with van der Waals surface area (Å²) in [5.74, 6) is -2.23. The van der Waals surface area contributed by atoms with Gasteiger partial charge in [0.05, 0.1) is 29.5 Å². The minimum Gasteiger partial charge on any atom is -0.481 e. The molecule has 9 heteroatoms. The number of nitrogens with one attached hydrogen (secondary N) is 1. The van der Waals surface area contributed by atoms with Crippen LogP contribution in [-0.2, 0) is 14.6 Å². The molecule has 1 aromatic rings. The monoisotopic (exact) mass is 314 g/mol. The molecule has 1 aliphatic rings. The van der Waals surface area contributed by atoms with Gasteiger partial charge in [-0.25, -0.2) is 8.42 Å². The van der Waals surface area contributed by atoms with E-state index >= 15 is 0 Å². The Morgan fingerprint density at radius 1 is 1.38 bits per heavy atom. The zero-order valence-electron chi connectivity index (χ0n) is 11.0. The van der Waals surface area contributed by atoms with Gasteiger partial charge in [-0.05, 0) is 6.07 Å². The molecule has 2 N–H and O–H groups in total. The summed E-state index contributed by atoms with van der Waals surface area (Å²) in [5.41, 5.74) is -0.181. The lowest BCUT2D eigenvalue weighted by atomic mass is 10.1. The maximum atomic E-state index is 12.3. The number of pyridine rings is 1.